The van der Waals surface area contributed by atoms with Crippen LogP contribution in [0.1, 0.15) is 44.2 Å². The molecule has 0 aromatic heterocycles. The van der Waals surface area contributed by atoms with E-state index >= 15 is 0 Å². The van der Waals surface area contributed by atoms with Crippen molar-refractivity contribution in [3.05, 3.63) is 29.8 Å². The summed E-state index contributed by atoms with van der Waals surface area (Å²) in [7, 11) is 2.05. The van der Waals surface area contributed by atoms with E-state index in [9.17, 15) is 0 Å². The molecule has 1 atom stereocenters. The maximum absolute atomic E-state index is 5.71. The lowest BCUT2D eigenvalue weighted by atomic mass is 9.79. The van der Waals surface area contributed by atoms with Gasteiger partial charge >= 0.3 is 0 Å². The number of para-hydroxylation sites is 1. The highest BCUT2D eigenvalue weighted by molar-refractivity contribution is 5.36. The zero-order valence-electron chi connectivity index (χ0n) is 10.9. The minimum Gasteiger partial charge on any atom is -0.494 e. The Kier molecular flexibility index (Phi) is 4.43. The number of nitrogens with one attached hydrogen (secondary N) is 1. The van der Waals surface area contributed by atoms with E-state index in [0.717, 1.165) is 18.3 Å². The van der Waals surface area contributed by atoms with Crippen molar-refractivity contribution in [2.45, 2.75) is 38.6 Å². The van der Waals surface area contributed by atoms with Crippen molar-refractivity contribution < 1.29 is 4.74 Å². The average molecular weight is 233 g/mol. The minimum absolute atomic E-state index is 0.433. The van der Waals surface area contributed by atoms with Crippen LogP contribution in [0.5, 0.6) is 5.75 Å². The third-order valence-corrected chi connectivity index (χ3v) is 3.74. The summed E-state index contributed by atoms with van der Waals surface area (Å²) in [6, 6.07) is 8.84. The molecule has 2 rings (SSSR count). The molecule has 1 fully saturated rings. The summed E-state index contributed by atoms with van der Waals surface area (Å²) in [4.78, 5) is 0. The molecule has 1 aromatic carbocycles. The molecule has 0 amide bonds. The Morgan fingerprint density at radius 1 is 1.35 bits per heavy atom. The smallest absolute Gasteiger partial charge is 0.124 e. The highest BCUT2D eigenvalue weighted by Gasteiger charge is 2.23. The second kappa shape index (κ2) is 6.06. The monoisotopic (exact) mass is 233 g/mol. The molecule has 0 aliphatic heterocycles. The van der Waals surface area contributed by atoms with Gasteiger partial charge in [-0.25, -0.2) is 0 Å². The first-order valence-corrected chi connectivity index (χ1v) is 6.74. The lowest BCUT2D eigenvalue weighted by molar-refractivity contribution is 0.260. The largest absolute Gasteiger partial charge is 0.494 e. The Hall–Kier alpha value is -1.02. The van der Waals surface area contributed by atoms with Crippen LogP contribution in [-0.4, -0.2) is 13.7 Å². The van der Waals surface area contributed by atoms with Crippen molar-refractivity contribution in [1.82, 2.24) is 5.32 Å². The summed E-state index contributed by atoms with van der Waals surface area (Å²) in [5, 5.41) is 3.44. The lowest BCUT2D eigenvalue weighted by Crippen LogP contribution is -2.23. The zero-order chi connectivity index (χ0) is 12.1. The van der Waals surface area contributed by atoms with Crippen LogP contribution in [-0.2, 0) is 0 Å². The first kappa shape index (κ1) is 12.4. The molecular weight excluding hydrogens is 210 g/mol. The predicted octanol–water partition coefficient (Wildman–Crippen LogP) is 3.54. The Balaban J connectivity index is 2.10. The van der Waals surface area contributed by atoms with Crippen molar-refractivity contribution in [2.24, 2.45) is 5.92 Å². The molecule has 0 saturated heterocycles. The number of rotatable bonds is 6. The second-order valence-electron chi connectivity index (χ2n) is 4.84. The van der Waals surface area contributed by atoms with E-state index in [2.05, 4.69) is 23.5 Å². The second-order valence-corrected chi connectivity index (χ2v) is 4.84. The van der Waals surface area contributed by atoms with E-state index in [-0.39, 0.29) is 0 Å². The van der Waals surface area contributed by atoms with E-state index in [0.29, 0.717) is 6.04 Å². The first-order chi connectivity index (χ1) is 8.35. The molecule has 1 aliphatic carbocycles. The fourth-order valence-electron chi connectivity index (χ4n) is 2.52. The van der Waals surface area contributed by atoms with Gasteiger partial charge in [0.25, 0.3) is 0 Å². The van der Waals surface area contributed by atoms with Gasteiger partial charge in [-0.1, -0.05) is 37.5 Å². The molecule has 0 bridgehead atoms. The summed E-state index contributed by atoms with van der Waals surface area (Å²) >= 11 is 0. The highest BCUT2D eigenvalue weighted by atomic mass is 16.5. The van der Waals surface area contributed by atoms with Gasteiger partial charge in [0, 0.05) is 11.6 Å². The van der Waals surface area contributed by atoms with Gasteiger partial charge in [0.15, 0.2) is 0 Å². The molecule has 0 heterocycles. The maximum Gasteiger partial charge on any atom is 0.124 e. The third-order valence-electron chi connectivity index (χ3n) is 3.74. The topological polar surface area (TPSA) is 21.3 Å². The Morgan fingerprint density at radius 2 is 2.12 bits per heavy atom. The van der Waals surface area contributed by atoms with Crippen LogP contribution in [0.2, 0.25) is 0 Å². The van der Waals surface area contributed by atoms with Crippen LogP contribution in [0.3, 0.4) is 0 Å². The molecule has 1 N–H and O–H groups in total. The standard InChI is InChI=1S/C15H23NO/c1-3-17-15-10-5-4-9-13(15)14(16-2)11-12-7-6-8-12/h4-5,9-10,12,14,16H,3,6-8,11H2,1-2H3. The first-order valence-electron chi connectivity index (χ1n) is 6.74. The minimum atomic E-state index is 0.433. The van der Waals surface area contributed by atoms with E-state index in [1.165, 1.54) is 31.2 Å². The molecule has 1 unspecified atom stereocenters. The van der Waals surface area contributed by atoms with Crippen LogP contribution in [0.25, 0.3) is 0 Å². The van der Waals surface area contributed by atoms with Crippen molar-refractivity contribution >= 4 is 0 Å². The molecule has 1 aromatic rings. The fraction of sp³-hybridized carbons (Fsp3) is 0.600. The van der Waals surface area contributed by atoms with E-state index in [1.54, 1.807) is 0 Å². The van der Waals surface area contributed by atoms with Crippen molar-refractivity contribution in [3.8, 4) is 5.75 Å². The maximum atomic E-state index is 5.71. The normalized spacial score (nSPS) is 17.5. The number of benzene rings is 1. The molecule has 94 valence electrons. The van der Waals surface area contributed by atoms with Gasteiger partial charge in [-0.15, -0.1) is 0 Å². The Morgan fingerprint density at radius 3 is 2.71 bits per heavy atom. The van der Waals surface area contributed by atoms with Crippen LogP contribution >= 0.6 is 0 Å². The van der Waals surface area contributed by atoms with Crippen molar-refractivity contribution in [2.75, 3.05) is 13.7 Å². The molecule has 0 spiro atoms. The summed E-state index contributed by atoms with van der Waals surface area (Å²) in [5.41, 5.74) is 1.31. The Bertz CT molecular complexity index is 347. The zero-order valence-corrected chi connectivity index (χ0v) is 10.9. The summed E-state index contributed by atoms with van der Waals surface area (Å²) in [6.45, 7) is 2.77. The third kappa shape index (κ3) is 3.01. The van der Waals surface area contributed by atoms with Gasteiger partial charge in [0.2, 0.25) is 0 Å². The molecular formula is C15H23NO. The number of hydrogen-bond acceptors (Lipinski definition) is 2. The van der Waals surface area contributed by atoms with Gasteiger partial charge in [-0.3, -0.25) is 0 Å². The quantitative estimate of drug-likeness (QED) is 0.811. The SMILES string of the molecule is CCOc1ccccc1C(CC1CCC1)NC. The van der Waals surface area contributed by atoms with Crippen LogP contribution in [0.15, 0.2) is 24.3 Å². The summed E-state index contributed by atoms with van der Waals surface area (Å²) in [5.74, 6) is 1.94. The van der Waals surface area contributed by atoms with Gasteiger partial charge in [-0.05, 0) is 32.4 Å². The number of hydrogen-bond donors (Lipinski definition) is 1. The van der Waals surface area contributed by atoms with E-state index in [1.807, 2.05) is 20.0 Å². The number of ether oxygens (including phenoxy) is 1. The van der Waals surface area contributed by atoms with Crippen LogP contribution in [0.4, 0.5) is 0 Å². The van der Waals surface area contributed by atoms with Gasteiger partial charge in [-0.2, -0.15) is 0 Å². The van der Waals surface area contributed by atoms with E-state index in [4.69, 9.17) is 4.74 Å². The predicted molar refractivity (Wildman–Crippen MR) is 71.4 cm³/mol. The van der Waals surface area contributed by atoms with Crippen LogP contribution < -0.4 is 10.1 Å². The van der Waals surface area contributed by atoms with Gasteiger partial charge < -0.3 is 10.1 Å². The Labute approximate surface area is 104 Å². The summed E-state index contributed by atoms with van der Waals surface area (Å²) in [6.07, 6.45) is 5.44. The van der Waals surface area contributed by atoms with Crippen LogP contribution in [0, 0.1) is 5.92 Å². The molecule has 1 saturated carbocycles. The summed E-state index contributed by atoms with van der Waals surface area (Å²) < 4.78 is 5.71. The fourth-order valence-corrected chi connectivity index (χ4v) is 2.52. The van der Waals surface area contributed by atoms with Crippen molar-refractivity contribution in [3.63, 3.8) is 0 Å². The highest BCUT2D eigenvalue weighted by Crippen LogP contribution is 2.36. The lowest BCUT2D eigenvalue weighted by Gasteiger charge is -2.30. The average Bonchev–Trinajstić information content (AvgIpc) is 2.30. The van der Waals surface area contributed by atoms with Gasteiger partial charge in [0.1, 0.15) is 5.75 Å². The van der Waals surface area contributed by atoms with Gasteiger partial charge in [0.05, 0.1) is 6.61 Å². The molecule has 0 radical (unpaired) electrons. The molecule has 17 heavy (non-hydrogen) atoms. The molecule has 1 aliphatic rings. The van der Waals surface area contributed by atoms with Crippen molar-refractivity contribution in [1.29, 1.82) is 0 Å². The molecule has 2 heteroatoms. The van der Waals surface area contributed by atoms with E-state index < -0.39 is 0 Å². The molecule has 2 nitrogen and oxygen atoms in total.